The molecule has 27 heavy (non-hydrogen) atoms. The van der Waals surface area contributed by atoms with E-state index in [0.717, 1.165) is 12.8 Å². The van der Waals surface area contributed by atoms with Gasteiger partial charge in [-0.25, -0.2) is 0 Å². The summed E-state index contributed by atoms with van der Waals surface area (Å²) in [6, 6.07) is 12.1. The summed E-state index contributed by atoms with van der Waals surface area (Å²) < 4.78 is 41.4. The number of carbonyl (C=O) groups excluding carboxylic acids is 2. The highest BCUT2D eigenvalue weighted by molar-refractivity contribution is 6.05. The molecule has 5 nitrogen and oxygen atoms in total. The number of halogens is 3. The van der Waals surface area contributed by atoms with E-state index in [4.69, 9.17) is 0 Å². The highest BCUT2D eigenvalue weighted by Gasteiger charge is 2.30. The van der Waals surface area contributed by atoms with Crippen LogP contribution in [0.4, 0.5) is 24.5 Å². The fourth-order valence-corrected chi connectivity index (χ4v) is 2.36. The summed E-state index contributed by atoms with van der Waals surface area (Å²) in [4.78, 5) is 24.2. The maximum atomic E-state index is 12.4. The molecule has 1 saturated carbocycles. The lowest BCUT2D eigenvalue weighted by atomic mass is 10.1. The van der Waals surface area contributed by atoms with Crippen LogP contribution in [0.25, 0.3) is 0 Å². The number of alkyl halides is 3. The first kappa shape index (κ1) is 18.8. The maximum Gasteiger partial charge on any atom is 0.422 e. The van der Waals surface area contributed by atoms with Gasteiger partial charge >= 0.3 is 6.18 Å². The first-order valence-corrected chi connectivity index (χ1v) is 8.32. The SMILES string of the molecule is O=C(Nc1cccc(OCC(F)(F)F)c1)c1cccc(NC(=O)C2CC2)c1. The minimum Gasteiger partial charge on any atom is -0.484 e. The van der Waals surface area contributed by atoms with E-state index in [1.54, 1.807) is 24.3 Å². The predicted molar refractivity (Wildman–Crippen MR) is 93.7 cm³/mol. The fraction of sp³-hybridized carbons (Fsp3) is 0.263. The Bertz CT molecular complexity index is 848. The summed E-state index contributed by atoms with van der Waals surface area (Å²) >= 11 is 0. The Hall–Kier alpha value is -3.03. The van der Waals surface area contributed by atoms with Crippen LogP contribution < -0.4 is 15.4 Å². The van der Waals surface area contributed by atoms with Crippen LogP contribution >= 0.6 is 0 Å². The molecular weight excluding hydrogens is 361 g/mol. The van der Waals surface area contributed by atoms with Crippen LogP contribution in [0.1, 0.15) is 23.2 Å². The Morgan fingerprint density at radius 3 is 2.33 bits per heavy atom. The van der Waals surface area contributed by atoms with E-state index in [2.05, 4.69) is 15.4 Å². The molecule has 2 aromatic carbocycles. The molecule has 142 valence electrons. The van der Waals surface area contributed by atoms with Crippen molar-refractivity contribution in [3.05, 3.63) is 54.1 Å². The van der Waals surface area contributed by atoms with Crippen molar-refractivity contribution in [3.63, 3.8) is 0 Å². The number of anilines is 2. The van der Waals surface area contributed by atoms with Crippen LogP contribution in [0, 0.1) is 5.92 Å². The van der Waals surface area contributed by atoms with E-state index >= 15 is 0 Å². The van der Waals surface area contributed by atoms with Crippen LogP contribution in [0.15, 0.2) is 48.5 Å². The molecule has 8 heteroatoms. The summed E-state index contributed by atoms with van der Waals surface area (Å²) in [5.41, 5.74) is 1.12. The molecule has 0 unspecified atom stereocenters. The molecule has 0 radical (unpaired) electrons. The predicted octanol–water partition coefficient (Wildman–Crippen LogP) is 4.23. The molecule has 2 aromatic rings. The molecule has 0 aliphatic heterocycles. The molecule has 1 fully saturated rings. The molecule has 3 rings (SSSR count). The largest absolute Gasteiger partial charge is 0.484 e. The lowest BCUT2D eigenvalue weighted by Crippen LogP contribution is -2.19. The molecule has 1 aliphatic rings. The van der Waals surface area contributed by atoms with Crippen LogP contribution in [0.2, 0.25) is 0 Å². The summed E-state index contributed by atoms with van der Waals surface area (Å²) in [6.45, 7) is -1.41. The average molecular weight is 378 g/mol. The molecule has 2 amide bonds. The molecule has 0 aromatic heterocycles. The topological polar surface area (TPSA) is 67.4 Å². The van der Waals surface area contributed by atoms with E-state index in [9.17, 15) is 22.8 Å². The van der Waals surface area contributed by atoms with Gasteiger partial charge in [0.15, 0.2) is 6.61 Å². The summed E-state index contributed by atoms with van der Waals surface area (Å²) in [6.07, 6.45) is -2.69. The Labute approximate surface area is 153 Å². The zero-order chi connectivity index (χ0) is 19.4. The van der Waals surface area contributed by atoms with Crippen molar-refractivity contribution in [1.29, 1.82) is 0 Å². The Balaban J connectivity index is 1.64. The third kappa shape index (κ3) is 5.73. The van der Waals surface area contributed by atoms with Crippen molar-refractivity contribution in [2.45, 2.75) is 19.0 Å². The number of rotatable bonds is 6. The summed E-state index contributed by atoms with van der Waals surface area (Å²) in [7, 11) is 0. The number of ether oxygens (including phenoxy) is 1. The number of carbonyl (C=O) groups is 2. The van der Waals surface area contributed by atoms with Crippen LogP contribution in [0.5, 0.6) is 5.75 Å². The minimum absolute atomic E-state index is 0.00410. The highest BCUT2D eigenvalue weighted by Crippen LogP contribution is 2.30. The third-order valence-corrected chi connectivity index (χ3v) is 3.83. The van der Waals surface area contributed by atoms with Crippen molar-refractivity contribution in [2.24, 2.45) is 5.92 Å². The molecule has 2 N–H and O–H groups in total. The van der Waals surface area contributed by atoms with Gasteiger partial charge in [-0.1, -0.05) is 12.1 Å². The fourth-order valence-electron chi connectivity index (χ4n) is 2.36. The van der Waals surface area contributed by atoms with Gasteiger partial charge in [0.05, 0.1) is 0 Å². The van der Waals surface area contributed by atoms with E-state index in [1.807, 2.05) is 0 Å². The smallest absolute Gasteiger partial charge is 0.422 e. The van der Waals surface area contributed by atoms with Crippen LogP contribution in [0.3, 0.4) is 0 Å². The van der Waals surface area contributed by atoms with E-state index in [-0.39, 0.29) is 17.6 Å². The minimum atomic E-state index is -4.44. The Morgan fingerprint density at radius 2 is 1.67 bits per heavy atom. The standard InChI is InChI=1S/C19H17F3N2O3/c20-19(21,22)11-27-16-6-2-5-15(10-16)24-18(26)13-3-1-4-14(9-13)23-17(25)12-7-8-12/h1-6,9-10,12H,7-8,11H2,(H,23,25)(H,24,26). The van der Waals surface area contributed by atoms with Gasteiger partial charge in [-0.3, -0.25) is 9.59 Å². The lowest BCUT2D eigenvalue weighted by Gasteiger charge is -2.11. The summed E-state index contributed by atoms with van der Waals surface area (Å²) in [5, 5.41) is 5.36. The van der Waals surface area contributed by atoms with Crippen molar-refractivity contribution >= 4 is 23.2 Å². The zero-order valence-corrected chi connectivity index (χ0v) is 14.2. The Kier molecular flexibility index (Phi) is 5.34. The molecule has 0 bridgehead atoms. The molecule has 0 saturated heterocycles. The number of hydrogen-bond donors (Lipinski definition) is 2. The molecular formula is C19H17F3N2O3. The average Bonchev–Trinajstić information content (AvgIpc) is 3.45. The molecule has 0 heterocycles. The zero-order valence-electron chi connectivity index (χ0n) is 14.2. The second-order valence-corrected chi connectivity index (χ2v) is 6.23. The Morgan fingerprint density at radius 1 is 1.00 bits per heavy atom. The molecule has 1 aliphatic carbocycles. The van der Waals surface area contributed by atoms with Crippen LogP contribution in [-0.2, 0) is 4.79 Å². The van der Waals surface area contributed by atoms with Crippen molar-refractivity contribution in [1.82, 2.24) is 0 Å². The van der Waals surface area contributed by atoms with E-state index in [1.165, 1.54) is 24.3 Å². The normalized spacial score (nSPS) is 13.7. The van der Waals surface area contributed by atoms with Gasteiger partial charge in [0.25, 0.3) is 5.91 Å². The van der Waals surface area contributed by atoms with Crippen molar-refractivity contribution in [2.75, 3.05) is 17.2 Å². The highest BCUT2D eigenvalue weighted by atomic mass is 19.4. The van der Waals surface area contributed by atoms with E-state index < -0.39 is 18.7 Å². The first-order chi connectivity index (χ1) is 12.8. The van der Waals surface area contributed by atoms with Gasteiger partial charge in [-0.05, 0) is 43.2 Å². The van der Waals surface area contributed by atoms with Gasteiger partial charge in [-0.15, -0.1) is 0 Å². The first-order valence-electron chi connectivity index (χ1n) is 8.32. The van der Waals surface area contributed by atoms with Crippen molar-refractivity contribution in [3.8, 4) is 5.75 Å². The number of hydrogen-bond acceptors (Lipinski definition) is 3. The van der Waals surface area contributed by atoms with Crippen molar-refractivity contribution < 1.29 is 27.5 Å². The number of benzene rings is 2. The van der Waals surface area contributed by atoms with E-state index in [0.29, 0.717) is 16.9 Å². The van der Waals surface area contributed by atoms with Gasteiger partial charge in [0, 0.05) is 28.9 Å². The van der Waals surface area contributed by atoms with Crippen LogP contribution in [-0.4, -0.2) is 24.6 Å². The second kappa shape index (κ2) is 7.69. The van der Waals surface area contributed by atoms with Gasteiger partial charge in [0.1, 0.15) is 5.75 Å². The quantitative estimate of drug-likeness (QED) is 0.791. The summed E-state index contributed by atoms with van der Waals surface area (Å²) in [5.74, 6) is -0.481. The number of amides is 2. The maximum absolute atomic E-state index is 12.4. The monoisotopic (exact) mass is 378 g/mol. The van der Waals surface area contributed by atoms with Gasteiger partial charge < -0.3 is 15.4 Å². The van der Waals surface area contributed by atoms with Gasteiger partial charge in [-0.2, -0.15) is 13.2 Å². The molecule has 0 spiro atoms. The second-order valence-electron chi connectivity index (χ2n) is 6.23. The van der Waals surface area contributed by atoms with Gasteiger partial charge in [0.2, 0.25) is 5.91 Å². The molecule has 0 atom stereocenters. The lowest BCUT2D eigenvalue weighted by molar-refractivity contribution is -0.153. The third-order valence-electron chi connectivity index (χ3n) is 3.83. The number of nitrogens with one attached hydrogen (secondary N) is 2.